The first-order valence-corrected chi connectivity index (χ1v) is 6.50. The van der Waals surface area contributed by atoms with E-state index >= 15 is 0 Å². The van der Waals surface area contributed by atoms with Crippen molar-refractivity contribution in [2.24, 2.45) is 5.41 Å². The lowest BCUT2D eigenvalue weighted by Crippen LogP contribution is -2.49. The van der Waals surface area contributed by atoms with Gasteiger partial charge in [-0.3, -0.25) is 4.79 Å². The Labute approximate surface area is 113 Å². The highest BCUT2D eigenvalue weighted by atomic mass is 16.5. The number of ether oxygens (including phenoxy) is 1. The molecule has 2 N–H and O–H groups in total. The van der Waals surface area contributed by atoms with Gasteiger partial charge in [-0.2, -0.15) is 0 Å². The number of nitrogens with one attached hydrogen (secondary N) is 1. The summed E-state index contributed by atoms with van der Waals surface area (Å²) in [6.45, 7) is 7.45. The lowest BCUT2D eigenvalue weighted by molar-refractivity contribution is -0.154. The van der Waals surface area contributed by atoms with Crippen LogP contribution in [0.5, 0.6) is 0 Å². The molecule has 1 aliphatic heterocycles. The molecule has 0 saturated carbocycles. The quantitative estimate of drug-likeness (QED) is 0.708. The van der Waals surface area contributed by atoms with Crippen LogP contribution in [0, 0.1) is 5.41 Å². The number of nitrogens with zero attached hydrogens (tertiary/aromatic N) is 1. The molecule has 1 rings (SSSR count). The first-order chi connectivity index (χ1) is 9.05. The van der Waals surface area contributed by atoms with Crippen molar-refractivity contribution in [2.45, 2.75) is 19.8 Å². The van der Waals surface area contributed by atoms with E-state index in [1.54, 1.807) is 11.0 Å². The number of amides is 2. The highest BCUT2D eigenvalue weighted by Crippen LogP contribution is 2.30. The van der Waals surface area contributed by atoms with E-state index < -0.39 is 11.4 Å². The fourth-order valence-electron chi connectivity index (χ4n) is 2.10. The number of carbonyl (C=O) groups excluding carboxylic acids is 1. The molecule has 2 amide bonds. The Morgan fingerprint density at radius 3 is 2.58 bits per heavy atom. The molecule has 0 aromatic heterocycles. The van der Waals surface area contributed by atoms with Gasteiger partial charge < -0.3 is 20.1 Å². The van der Waals surface area contributed by atoms with Crippen molar-refractivity contribution in [3.8, 4) is 0 Å². The molecule has 1 heterocycles. The molecule has 0 spiro atoms. The van der Waals surface area contributed by atoms with Crippen LogP contribution in [-0.2, 0) is 9.53 Å². The summed E-state index contributed by atoms with van der Waals surface area (Å²) < 4.78 is 5.19. The molecule has 0 bridgehead atoms. The molecule has 0 aromatic carbocycles. The molecule has 1 aliphatic rings. The standard InChI is InChI=1S/C13H22N2O4/c1-3-7-15(4-2)12(18)14-10-13(11(16)17)5-8-19-9-6-13/h3H,1,4-10H2,2H3,(H,14,18)(H,16,17). The molecule has 19 heavy (non-hydrogen) atoms. The maximum Gasteiger partial charge on any atom is 0.317 e. The van der Waals surface area contributed by atoms with Crippen molar-refractivity contribution in [3.63, 3.8) is 0 Å². The molecular weight excluding hydrogens is 248 g/mol. The van der Waals surface area contributed by atoms with E-state index in [1.807, 2.05) is 6.92 Å². The number of carboxylic acids is 1. The minimum atomic E-state index is -0.901. The van der Waals surface area contributed by atoms with Crippen molar-refractivity contribution < 1.29 is 19.4 Å². The fraction of sp³-hybridized carbons (Fsp3) is 0.692. The SMILES string of the molecule is C=CCN(CC)C(=O)NCC1(C(=O)O)CCOCC1. The van der Waals surface area contributed by atoms with E-state index in [0.29, 0.717) is 39.1 Å². The van der Waals surface area contributed by atoms with Crippen LogP contribution in [0.1, 0.15) is 19.8 Å². The van der Waals surface area contributed by atoms with Gasteiger partial charge in [-0.25, -0.2) is 4.79 Å². The molecule has 0 aliphatic carbocycles. The second-order valence-electron chi connectivity index (χ2n) is 4.68. The molecule has 6 heteroatoms. The summed E-state index contributed by atoms with van der Waals surface area (Å²) in [7, 11) is 0. The van der Waals surface area contributed by atoms with Crippen LogP contribution in [-0.4, -0.2) is 54.9 Å². The first kappa shape index (κ1) is 15.5. The van der Waals surface area contributed by atoms with Crippen LogP contribution < -0.4 is 5.32 Å². The Morgan fingerprint density at radius 2 is 2.11 bits per heavy atom. The third-order valence-electron chi connectivity index (χ3n) is 3.50. The second kappa shape index (κ2) is 7.13. The summed E-state index contributed by atoms with van der Waals surface area (Å²) in [5.74, 6) is -0.872. The Balaban J connectivity index is 2.58. The van der Waals surface area contributed by atoms with Crippen LogP contribution >= 0.6 is 0 Å². The van der Waals surface area contributed by atoms with Crippen molar-refractivity contribution in [3.05, 3.63) is 12.7 Å². The molecule has 1 saturated heterocycles. The van der Waals surface area contributed by atoms with Crippen LogP contribution in [0.3, 0.4) is 0 Å². The van der Waals surface area contributed by atoms with Gasteiger partial charge in [0.1, 0.15) is 0 Å². The van der Waals surface area contributed by atoms with Gasteiger partial charge in [-0.1, -0.05) is 6.08 Å². The van der Waals surface area contributed by atoms with Gasteiger partial charge in [0, 0.05) is 32.8 Å². The van der Waals surface area contributed by atoms with E-state index in [4.69, 9.17) is 4.74 Å². The van der Waals surface area contributed by atoms with E-state index in [2.05, 4.69) is 11.9 Å². The molecule has 0 atom stereocenters. The van der Waals surface area contributed by atoms with Crippen molar-refractivity contribution in [2.75, 3.05) is 32.8 Å². The predicted octanol–water partition coefficient (Wildman–Crippen LogP) is 1.09. The Kier molecular flexibility index (Phi) is 5.82. The van der Waals surface area contributed by atoms with E-state index in [1.165, 1.54) is 0 Å². The third kappa shape index (κ3) is 3.96. The van der Waals surface area contributed by atoms with E-state index in [-0.39, 0.29) is 12.6 Å². The van der Waals surface area contributed by atoms with Crippen molar-refractivity contribution in [1.29, 1.82) is 0 Å². The summed E-state index contributed by atoms with van der Waals surface area (Å²) in [4.78, 5) is 24.9. The van der Waals surface area contributed by atoms with Crippen LogP contribution in [0.25, 0.3) is 0 Å². The minimum absolute atomic E-state index is 0.137. The Hall–Kier alpha value is -1.56. The highest BCUT2D eigenvalue weighted by Gasteiger charge is 2.40. The van der Waals surface area contributed by atoms with Crippen LogP contribution in [0.15, 0.2) is 12.7 Å². The highest BCUT2D eigenvalue weighted by molar-refractivity contribution is 5.78. The maximum absolute atomic E-state index is 11.9. The zero-order valence-corrected chi connectivity index (χ0v) is 11.4. The zero-order chi connectivity index (χ0) is 14.3. The van der Waals surface area contributed by atoms with Gasteiger partial charge in [0.05, 0.1) is 5.41 Å². The van der Waals surface area contributed by atoms with Gasteiger partial charge in [-0.05, 0) is 19.8 Å². The molecule has 0 aromatic rings. The number of likely N-dealkylation sites (N-methyl/N-ethyl adjacent to an activating group) is 1. The maximum atomic E-state index is 11.9. The minimum Gasteiger partial charge on any atom is -0.481 e. The van der Waals surface area contributed by atoms with Gasteiger partial charge >= 0.3 is 12.0 Å². The number of aliphatic carboxylic acids is 1. The molecular formula is C13H22N2O4. The van der Waals surface area contributed by atoms with Gasteiger partial charge in [0.25, 0.3) is 0 Å². The number of carbonyl (C=O) groups is 2. The molecule has 0 unspecified atom stereocenters. The molecule has 108 valence electrons. The molecule has 1 fully saturated rings. The number of hydrogen-bond acceptors (Lipinski definition) is 3. The number of carboxylic acid groups (broad SMARTS) is 1. The van der Waals surface area contributed by atoms with E-state index in [9.17, 15) is 14.7 Å². The topological polar surface area (TPSA) is 78.9 Å². The van der Waals surface area contributed by atoms with E-state index in [0.717, 1.165) is 0 Å². The Bertz CT molecular complexity index is 338. The smallest absolute Gasteiger partial charge is 0.317 e. The number of urea groups is 1. The average Bonchev–Trinajstić information content (AvgIpc) is 2.43. The average molecular weight is 270 g/mol. The lowest BCUT2D eigenvalue weighted by Gasteiger charge is -2.33. The summed E-state index contributed by atoms with van der Waals surface area (Å²) in [5, 5.41) is 12.1. The summed E-state index contributed by atoms with van der Waals surface area (Å²) in [6, 6.07) is -0.255. The first-order valence-electron chi connectivity index (χ1n) is 6.50. The van der Waals surface area contributed by atoms with Gasteiger partial charge in [-0.15, -0.1) is 6.58 Å². The predicted molar refractivity (Wildman–Crippen MR) is 71.0 cm³/mol. The van der Waals surface area contributed by atoms with Crippen molar-refractivity contribution >= 4 is 12.0 Å². The normalized spacial score (nSPS) is 17.5. The largest absolute Gasteiger partial charge is 0.481 e. The number of rotatable bonds is 6. The second-order valence-corrected chi connectivity index (χ2v) is 4.68. The van der Waals surface area contributed by atoms with Gasteiger partial charge in [0.15, 0.2) is 0 Å². The molecule has 6 nitrogen and oxygen atoms in total. The fourth-order valence-corrected chi connectivity index (χ4v) is 2.10. The Morgan fingerprint density at radius 1 is 1.47 bits per heavy atom. The summed E-state index contributed by atoms with van der Waals surface area (Å²) in [6.07, 6.45) is 2.50. The van der Waals surface area contributed by atoms with Gasteiger partial charge in [0.2, 0.25) is 0 Å². The monoisotopic (exact) mass is 270 g/mol. The molecule has 0 radical (unpaired) electrons. The zero-order valence-electron chi connectivity index (χ0n) is 11.4. The third-order valence-corrected chi connectivity index (χ3v) is 3.50. The van der Waals surface area contributed by atoms with Crippen LogP contribution in [0.2, 0.25) is 0 Å². The van der Waals surface area contributed by atoms with Crippen molar-refractivity contribution in [1.82, 2.24) is 10.2 Å². The number of hydrogen-bond donors (Lipinski definition) is 2. The summed E-state index contributed by atoms with van der Waals surface area (Å²) in [5.41, 5.74) is -0.901. The summed E-state index contributed by atoms with van der Waals surface area (Å²) >= 11 is 0. The van der Waals surface area contributed by atoms with Crippen LogP contribution in [0.4, 0.5) is 4.79 Å². The lowest BCUT2D eigenvalue weighted by atomic mass is 9.80.